The van der Waals surface area contributed by atoms with E-state index in [4.69, 9.17) is 5.11 Å². The molecule has 0 aliphatic heterocycles. The van der Waals surface area contributed by atoms with Crippen LogP contribution < -0.4 is 0 Å². The number of rotatable bonds is 7. The number of nitrogens with zero attached hydrogens (tertiary/aromatic N) is 1. The Balaban J connectivity index is 4.06. The van der Waals surface area contributed by atoms with Crippen LogP contribution in [0.25, 0.3) is 0 Å². The minimum absolute atomic E-state index is 0.0316. The molecule has 1 amide bonds. The van der Waals surface area contributed by atoms with Crippen LogP contribution in [0.5, 0.6) is 0 Å². The van der Waals surface area contributed by atoms with E-state index in [0.29, 0.717) is 25.4 Å². The average Bonchev–Trinajstić information content (AvgIpc) is 2.16. The van der Waals surface area contributed by atoms with E-state index in [1.807, 2.05) is 0 Å². The first-order valence-corrected chi connectivity index (χ1v) is 5.47. The molecule has 0 rings (SSSR count). The number of carboxylic acids is 1. The van der Waals surface area contributed by atoms with Gasteiger partial charge in [-0.25, -0.2) is 0 Å². The van der Waals surface area contributed by atoms with Crippen LogP contribution in [0.15, 0.2) is 0 Å². The van der Waals surface area contributed by atoms with Crippen molar-refractivity contribution in [2.45, 2.75) is 40.0 Å². The highest BCUT2D eigenvalue weighted by Gasteiger charge is 2.12. The Morgan fingerprint density at radius 1 is 1.27 bits per heavy atom. The highest BCUT2D eigenvalue weighted by atomic mass is 16.4. The van der Waals surface area contributed by atoms with E-state index in [1.54, 1.807) is 11.8 Å². The van der Waals surface area contributed by atoms with Crippen molar-refractivity contribution < 1.29 is 14.7 Å². The highest BCUT2D eigenvalue weighted by Crippen LogP contribution is 2.04. The van der Waals surface area contributed by atoms with E-state index in [1.165, 1.54) is 0 Å². The summed E-state index contributed by atoms with van der Waals surface area (Å²) in [6.07, 6.45) is 1.40. The van der Waals surface area contributed by atoms with Crippen molar-refractivity contribution in [3.63, 3.8) is 0 Å². The van der Waals surface area contributed by atoms with Gasteiger partial charge in [-0.3, -0.25) is 9.59 Å². The Morgan fingerprint density at radius 2 is 1.87 bits per heavy atom. The molecule has 1 N–H and O–H groups in total. The normalized spacial score (nSPS) is 10.4. The predicted octanol–water partition coefficient (Wildman–Crippen LogP) is 1.75. The SMILES string of the molecule is CCC(=O)N(CCC(=O)O)CCC(C)C. The molecule has 0 unspecified atom stereocenters. The van der Waals surface area contributed by atoms with Gasteiger partial charge >= 0.3 is 5.97 Å². The lowest BCUT2D eigenvalue weighted by Crippen LogP contribution is -2.33. The van der Waals surface area contributed by atoms with Crippen molar-refractivity contribution in [1.29, 1.82) is 0 Å². The fourth-order valence-electron chi connectivity index (χ4n) is 1.23. The lowest BCUT2D eigenvalue weighted by atomic mass is 10.1. The number of hydrogen-bond acceptors (Lipinski definition) is 2. The fourth-order valence-corrected chi connectivity index (χ4v) is 1.23. The first-order valence-electron chi connectivity index (χ1n) is 5.47. The largest absolute Gasteiger partial charge is 0.481 e. The van der Waals surface area contributed by atoms with E-state index in [2.05, 4.69) is 13.8 Å². The van der Waals surface area contributed by atoms with Crippen molar-refractivity contribution >= 4 is 11.9 Å². The molecule has 0 aromatic carbocycles. The van der Waals surface area contributed by atoms with E-state index < -0.39 is 5.97 Å². The van der Waals surface area contributed by atoms with Crippen molar-refractivity contribution in [1.82, 2.24) is 4.90 Å². The minimum Gasteiger partial charge on any atom is -0.481 e. The average molecular weight is 215 g/mol. The number of carbonyl (C=O) groups excluding carboxylic acids is 1. The van der Waals surface area contributed by atoms with Gasteiger partial charge in [-0.15, -0.1) is 0 Å². The summed E-state index contributed by atoms with van der Waals surface area (Å²) in [5.74, 6) is -0.285. The first-order chi connectivity index (χ1) is 6.97. The molecule has 15 heavy (non-hydrogen) atoms. The maximum absolute atomic E-state index is 11.5. The lowest BCUT2D eigenvalue weighted by molar-refractivity contribution is -0.138. The zero-order chi connectivity index (χ0) is 11.8. The molecule has 4 heteroatoms. The summed E-state index contributed by atoms with van der Waals surface area (Å²) in [7, 11) is 0. The zero-order valence-electron chi connectivity index (χ0n) is 9.82. The summed E-state index contributed by atoms with van der Waals surface area (Å²) >= 11 is 0. The second-order valence-electron chi connectivity index (χ2n) is 4.06. The van der Waals surface area contributed by atoms with Crippen molar-refractivity contribution in [2.24, 2.45) is 5.92 Å². The predicted molar refractivity (Wildman–Crippen MR) is 58.6 cm³/mol. The molecule has 0 aromatic heterocycles. The molecule has 0 aromatic rings. The molecule has 0 heterocycles. The molecule has 0 saturated carbocycles. The molecule has 0 aliphatic rings. The summed E-state index contributed by atoms with van der Waals surface area (Å²) in [6.45, 7) is 6.97. The molecule has 0 aliphatic carbocycles. The molecule has 0 radical (unpaired) electrons. The molecule has 88 valence electrons. The second-order valence-corrected chi connectivity index (χ2v) is 4.06. The van der Waals surface area contributed by atoms with Gasteiger partial charge in [0.15, 0.2) is 0 Å². The van der Waals surface area contributed by atoms with E-state index in [0.717, 1.165) is 6.42 Å². The molecular formula is C11H21NO3. The fraction of sp³-hybridized carbons (Fsp3) is 0.818. The Morgan fingerprint density at radius 3 is 2.27 bits per heavy atom. The van der Waals surface area contributed by atoms with Gasteiger partial charge in [0, 0.05) is 19.5 Å². The quantitative estimate of drug-likeness (QED) is 0.703. The molecule has 0 spiro atoms. The molecule has 0 saturated heterocycles. The number of carboxylic acid groups (broad SMARTS) is 1. The van der Waals surface area contributed by atoms with Gasteiger partial charge < -0.3 is 10.0 Å². The number of carbonyl (C=O) groups is 2. The third kappa shape index (κ3) is 6.94. The van der Waals surface area contributed by atoms with Gasteiger partial charge in [-0.1, -0.05) is 20.8 Å². The van der Waals surface area contributed by atoms with Gasteiger partial charge in [-0.05, 0) is 12.3 Å². The van der Waals surface area contributed by atoms with Gasteiger partial charge in [0.05, 0.1) is 6.42 Å². The maximum atomic E-state index is 11.5. The third-order valence-corrected chi connectivity index (χ3v) is 2.23. The number of hydrogen-bond donors (Lipinski definition) is 1. The van der Waals surface area contributed by atoms with Crippen LogP contribution in [0, 0.1) is 5.92 Å². The second kappa shape index (κ2) is 7.26. The van der Waals surface area contributed by atoms with Crippen LogP contribution in [0.1, 0.15) is 40.0 Å². The lowest BCUT2D eigenvalue weighted by Gasteiger charge is -2.22. The van der Waals surface area contributed by atoms with Crippen LogP contribution in [-0.2, 0) is 9.59 Å². The van der Waals surface area contributed by atoms with Crippen molar-refractivity contribution in [2.75, 3.05) is 13.1 Å². The van der Waals surface area contributed by atoms with Gasteiger partial charge in [0.2, 0.25) is 5.91 Å². The van der Waals surface area contributed by atoms with Gasteiger partial charge in [0.1, 0.15) is 0 Å². The Bertz CT molecular complexity index is 214. The smallest absolute Gasteiger partial charge is 0.305 e. The number of amides is 1. The van der Waals surface area contributed by atoms with E-state index in [9.17, 15) is 9.59 Å². The summed E-state index contributed by atoms with van der Waals surface area (Å²) in [5, 5.41) is 8.56. The van der Waals surface area contributed by atoms with Crippen LogP contribution in [0.3, 0.4) is 0 Å². The first kappa shape index (κ1) is 13.9. The van der Waals surface area contributed by atoms with Gasteiger partial charge in [0.25, 0.3) is 0 Å². The third-order valence-electron chi connectivity index (χ3n) is 2.23. The molecular weight excluding hydrogens is 194 g/mol. The highest BCUT2D eigenvalue weighted by molar-refractivity contribution is 5.76. The van der Waals surface area contributed by atoms with Crippen LogP contribution in [-0.4, -0.2) is 35.0 Å². The summed E-state index contributed by atoms with van der Waals surface area (Å²) in [5.41, 5.74) is 0. The summed E-state index contributed by atoms with van der Waals surface area (Å²) in [4.78, 5) is 23.5. The van der Waals surface area contributed by atoms with E-state index >= 15 is 0 Å². The Kier molecular flexibility index (Phi) is 6.75. The van der Waals surface area contributed by atoms with Crippen LogP contribution >= 0.6 is 0 Å². The molecule has 0 bridgehead atoms. The zero-order valence-corrected chi connectivity index (χ0v) is 9.82. The summed E-state index contributed by atoms with van der Waals surface area (Å²) < 4.78 is 0. The number of aliphatic carboxylic acids is 1. The Hall–Kier alpha value is -1.06. The minimum atomic E-state index is -0.853. The topological polar surface area (TPSA) is 57.6 Å². The van der Waals surface area contributed by atoms with Gasteiger partial charge in [-0.2, -0.15) is 0 Å². The van der Waals surface area contributed by atoms with Crippen LogP contribution in [0.4, 0.5) is 0 Å². The molecule has 0 atom stereocenters. The molecule has 4 nitrogen and oxygen atoms in total. The Labute approximate surface area is 91.3 Å². The monoisotopic (exact) mass is 215 g/mol. The van der Waals surface area contributed by atoms with Crippen LogP contribution in [0.2, 0.25) is 0 Å². The van der Waals surface area contributed by atoms with Crippen molar-refractivity contribution in [3.05, 3.63) is 0 Å². The maximum Gasteiger partial charge on any atom is 0.305 e. The molecule has 0 fully saturated rings. The van der Waals surface area contributed by atoms with Crippen molar-refractivity contribution in [3.8, 4) is 0 Å². The standard InChI is InChI=1S/C11H21NO3/c1-4-10(13)12(7-5-9(2)3)8-6-11(14)15/h9H,4-8H2,1-3H3,(H,14,15). The summed E-state index contributed by atoms with van der Waals surface area (Å²) in [6, 6.07) is 0. The van der Waals surface area contributed by atoms with E-state index in [-0.39, 0.29) is 12.3 Å².